The van der Waals surface area contributed by atoms with E-state index in [9.17, 15) is 9.90 Å². The monoisotopic (exact) mass is 456 g/mol. The molecule has 0 bridgehead atoms. The zero-order valence-electron chi connectivity index (χ0n) is 16.0. The summed E-state index contributed by atoms with van der Waals surface area (Å²) in [5, 5.41) is 16.6. The van der Waals surface area contributed by atoms with Crippen LogP contribution in [0.15, 0.2) is 35.2 Å². The zero-order chi connectivity index (χ0) is 20.2. The number of hydrogen-bond donors (Lipinski definition) is 2. The van der Waals surface area contributed by atoms with Gasteiger partial charge in [0.1, 0.15) is 10.1 Å². The van der Waals surface area contributed by atoms with Crippen LogP contribution in [-0.4, -0.2) is 43.9 Å². The normalized spacial score (nSPS) is 20.2. The number of rotatable bonds is 2. The first kappa shape index (κ1) is 18.4. The summed E-state index contributed by atoms with van der Waals surface area (Å²) >= 11 is 3.56. The van der Waals surface area contributed by atoms with Crippen LogP contribution in [0.25, 0.3) is 5.52 Å². The summed E-state index contributed by atoms with van der Waals surface area (Å²) in [5.74, 6) is 0.925. The Bertz CT molecular complexity index is 1110. The zero-order valence-corrected chi connectivity index (χ0v) is 17.6. The highest BCUT2D eigenvalue weighted by atomic mass is 79.9. The first-order valence-corrected chi connectivity index (χ1v) is 10.5. The van der Waals surface area contributed by atoms with Gasteiger partial charge in [-0.05, 0) is 59.8 Å². The van der Waals surface area contributed by atoms with Gasteiger partial charge in [-0.15, -0.1) is 0 Å². The molecule has 3 aromatic heterocycles. The quantitative estimate of drug-likeness (QED) is 0.613. The number of halogens is 1. The molecular formula is C20H21BrN6O2. The summed E-state index contributed by atoms with van der Waals surface area (Å²) < 4.78 is 2.73. The number of piperidine rings is 1. The van der Waals surface area contributed by atoms with Crippen LogP contribution in [0, 0.1) is 12.3 Å². The van der Waals surface area contributed by atoms with E-state index in [1.165, 1.54) is 0 Å². The Kier molecular flexibility index (Phi) is 4.23. The summed E-state index contributed by atoms with van der Waals surface area (Å²) in [5.41, 5.74) is 3.73. The molecular weight excluding hydrogens is 436 g/mol. The minimum atomic E-state index is -0.986. The van der Waals surface area contributed by atoms with Gasteiger partial charge in [0.25, 0.3) is 0 Å². The molecule has 1 saturated heterocycles. The molecule has 2 N–H and O–H groups in total. The molecule has 4 heterocycles. The standard InChI is InChI=1S/C20H21BrN6O2/c1-12-17(21)27-15(4-8-23-27)18(24-12)26-9-5-20(6-10-26)11-14-13(3-2-7-22-14)16(20)25-19(28)29/h2-4,7-8,16,25H,5-6,9-11H2,1H3,(H,28,29)/t16-/m1/s1. The molecule has 1 aliphatic heterocycles. The minimum Gasteiger partial charge on any atom is -0.465 e. The topological polar surface area (TPSA) is 95.7 Å². The van der Waals surface area contributed by atoms with Gasteiger partial charge in [0.2, 0.25) is 0 Å². The van der Waals surface area contributed by atoms with E-state index in [1.54, 1.807) is 12.4 Å². The molecule has 5 rings (SSSR count). The molecule has 1 aliphatic carbocycles. The fourth-order valence-corrected chi connectivity index (χ4v) is 5.26. The van der Waals surface area contributed by atoms with Crippen LogP contribution in [0.4, 0.5) is 10.6 Å². The molecule has 0 aromatic carbocycles. The number of nitrogens with one attached hydrogen (secondary N) is 1. The number of anilines is 1. The van der Waals surface area contributed by atoms with E-state index in [2.05, 4.69) is 36.2 Å². The second-order valence-corrected chi connectivity index (χ2v) is 8.64. The van der Waals surface area contributed by atoms with Crippen molar-refractivity contribution in [3.05, 3.63) is 52.1 Å². The number of carboxylic acid groups (broad SMARTS) is 1. The van der Waals surface area contributed by atoms with Gasteiger partial charge in [-0.25, -0.2) is 14.3 Å². The maximum Gasteiger partial charge on any atom is 0.405 e. The van der Waals surface area contributed by atoms with Gasteiger partial charge in [-0.1, -0.05) is 6.07 Å². The molecule has 1 fully saturated rings. The lowest BCUT2D eigenvalue weighted by Crippen LogP contribution is -2.47. The van der Waals surface area contributed by atoms with Crippen molar-refractivity contribution in [3.8, 4) is 0 Å². The molecule has 1 spiro atoms. The lowest BCUT2D eigenvalue weighted by Gasteiger charge is -2.43. The minimum absolute atomic E-state index is 0.146. The molecule has 1 atom stereocenters. The van der Waals surface area contributed by atoms with Gasteiger partial charge < -0.3 is 15.3 Å². The Morgan fingerprint density at radius 3 is 2.86 bits per heavy atom. The van der Waals surface area contributed by atoms with Crippen molar-refractivity contribution in [1.29, 1.82) is 0 Å². The first-order valence-electron chi connectivity index (χ1n) is 9.66. The number of fused-ring (bicyclic) bond motifs is 2. The van der Waals surface area contributed by atoms with E-state index in [-0.39, 0.29) is 11.5 Å². The predicted octanol–water partition coefficient (Wildman–Crippen LogP) is 3.35. The van der Waals surface area contributed by atoms with E-state index < -0.39 is 6.09 Å². The van der Waals surface area contributed by atoms with Crippen LogP contribution in [0.3, 0.4) is 0 Å². The molecule has 0 saturated carbocycles. The number of carbonyl (C=O) groups is 1. The number of nitrogens with zero attached hydrogens (tertiary/aromatic N) is 5. The fraction of sp³-hybridized carbons (Fsp3) is 0.400. The Balaban J connectivity index is 1.45. The van der Waals surface area contributed by atoms with E-state index in [4.69, 9.17) is 4.98 Å². The summed E-state index contributed by atoms with van der Waals surface area (Å²) in [7, 11) is 0. The number of aryl methyl sites for hydroxylation is 1. The Morgan fingerprint density at radius 2 is 2.10 bits per heavy atom. The Labute approximate surface area is 176 Å². The van der Waals surface area contributed by atoms with Crippen LogP contribution in [-0.2, 0) is 6.42 Å². The van der Waals surface area contributed by atoms with Crippen molar-refractivity contribution in [1.82, 2.24) is 24.9 Å². The molecule has 3 aromatic rings. The van der Waals surface area contributed by atoms with Gasteiger partial charge in [0, 0.05) is 30.4 Å². The van der Waals surface area contributed by atoms with Gasteiger partial charge in [-0.3, -0.25) is 4.98 Å². The summed E-state index contributed by atoms with van der Waals surface area (Å²) in [4.78, 5) is 23.1. The van der Waals surface area contributed by atoms with Gasteiger partial charge in [-0.2, -0.15) is 5.10 Å². The second-order valence-electron chi connectivity index (χ2n) is 7.89. The Hall–Kier alpha value is -2.68. The van der Waals surface area contributed by atoms with Crippen LogP contribution in [0.2, 0.25) is 0 Å². The summed E-state index contributed by atoms with van der Waals surface area (Å²) in [6.07, 6.45) is 5.12. The maximum atomic E-state index is 11.5. The molecule has 1 amide bonds. The van der Waals surface area contributed by atoms with Crippen molar-refractivity contribution in [2.75, 3.05) is 18.0 Å². The lowest BCUT2D eigenvalue weighted by molar-refractivity contribution is 0.141. The van der Waals surface area contributed by atoms with Crippen LogP contribution >= 0.6 is 15.9 Å². The van der Waals surface area contributed by atoms with Crippen molar-refractivity contribution in [2.24, 2.45) is 5.41 Å². The highest BCUT2D eigenvalue weighted by Gasteiger charge is 2.49. The molecule has 0 unspecified atom stereocenters. The number of pyridine rings is 1. The lowest BCUT2D eigenvalue weighted by atomic mass is 9.73. The highest BCUT2D eigenvalue weighted by Crippen LogP contribution is 2.51. The number of amides is 1. The predicted molar refractivity (Wildman–Crippen MR) is 111 cm³/mol. The summed E-state index contributed by atoms with van der Waals surface area (Å²) in [6.45, 7) is 3.58. The SMILES string of the molecule is Cc1nc(N2CCC3(CC2)Cc2ncccc2[C@H]3NC(=O)O)c2ccnn2c1Br. The second kappa shape index (κ2) is 6.69. The highest BCUT2D eigenvalue weighted by molar-refractivity contribution is 9.10. The van der Waals surface area contributed by atoms with Gasteiger partial charge in [0.05, 0.1) is 17.9 Å². The van der Waals surface area contributed by atoms with Crippen LogP contribution in [0.1, 0.15) is 35.8 Å². The van der Waals surface area contributed by atoms with Crippen LogP contribution in [0.5, 0.6) is 0 Å². The van der Waals surface area contributed by atoms with Crippen molar-refractivity contribution in [2.45, 2.75) is 32.2 Å². The molecule has 9 heteroatoms. The molecule has 2 aliphatic rings. The third kappa shape index (κ3) is 2.87. The largest absolute Gasteiger partial charge is 0.465 e. The van der Waals surface area contributed by atoms with E-state index in [0.717, 1.165) is 65.2 Å². The average molecular weight is 457 g/mol. The third-order valence-corrected chi connectivity index (χ3v) is 7.23. The maximum absolute atomic E-state index is 11.5. The fourth-order valence-electron chi connectivity index (χ4n) is 4.89. The van der Waals surface area contributed by atoms with Gasteiger partial charge in [0.15, 0.2) is 5.82 Å². The van der Waals surface area contributed by atoms with Crippen LogP contribution < -0.4 is 10.2 Å². The number of hydrogen-bond acceptors (Lipinski definition) is 5. The number of aromatic nitrogens is 4. The smallest absolute Gasteiger partial charge is 0.405 e. The Morgan fingerprint density at radius 1 is 1.31 bits per heavy atom. The van der Waals surface area contributed by atoms with Crippen molar-refractivity contribution < 1.29 is 9.90 Å². The van der Waals surface area contributed by atoms with E-state index >= 15 is 0 Å². The average Bonchev–Trinajstić information content (AvgIpc) is 3.30. The molecule has 29 heavy (non-hydrogen) atoms. The molecule has 150 valence electrons. The van der Waals surface area contributed by atoms with Gasteiger partial charge >= 0.3 is 6.09 Å². The van der Waals surface area contributed by atoms with Crippen molar-refractivity contribution >= 4 is 33.4 Å². The van der Waals surface area contributed by atoms with E-state index in [1.807, 2.05) is 29.6 Å². The van der Waals surface area contributed by atoms with Crippen molar-refractivity contribution in [3.63, 3.8) is 0 Å². The first-order chi connectivity index (χ1) is 14.0. The molecule has 0 radical (unpaired) electrons. The third-order valence-electron chi connectivity index (χ3n) is 6.32. The summed E-state index contributed by atoms with van der Waals surface area (Å²) in [6, 6.07) is 5.63. The molecule has 8 nitrogen and oxygen atoms in total. The van der Waals surface area contributed by atoms with E-state index in [0.29, 0.717) is 0 Å².